The quantitative estimate of drug-likeness (QED) is 0.329. The second kappa shape index (κ2) is 6.26. The monoisotopic (exact) mass is 390 g/mol. The van der Waals surface area contributed by atoms with Gasteiger partial charge in [-0.15, -0.1) is 0 Å². The van der Waals surface area contributed by atoms with E-state index in [9.17, 15) is 10.2 Å². The Bertz CT molecular complexity index is 1350. The summed E-state index contributed by atoms with van der Waals surface area (Å²) in [6, 6.07) is 29.2. The lowest BCUT2D eigenvalue weighted by Gasteiger charge is -2.31. The Morgan fingerprint density at radius 3 is 1.47 bits per heavy atom. The zero-order chi connectivity index (χ0) is 20.2. The van der Waals surface area contributed by atoms with Gasteiger partial charge in [-0.1, -0.05) is 78.9 Å². The number of fused-ring (bicyclic) bond motifs is 6. The largest absolute Gasteiger partial charge is 0.507 e. The van der Waals surface area contributed by atoms with Crippen LogP contribution in [0.3, 0.4) is 0 Å². The molecule has 5 aromatic carbocycles. The standard InChI is InChI=1S/C27H18O3/c28-23-14-21-25(16-8-2-1-3-9-16)22-15-24(29)18-11-5-7-13-20(18)27(22)30-26(21)19-12-6-4-10-17(19)23/h1-15,25,28-29H. The van der Waals surface area contributed by atoms with Crippen LogP contribution in [0, 0.1) is 0 Å². The number of benzene rings is 5. The Kier molecular flexibility index (Phi) is 3.53. The van der Waals surface area contributed by atoms with E-state index in [2.05, 4.69) is 12.1 Å². The van der Waals surface area contributed by atoms with Crippen molar-refractivity contribution in [2.24, 2.45) is 0 Å². The van der Waals surface area contributed by atoms with E-state index in [-0.39, 0.29) is 17.4 Å². The summed E-state index contributed by atoms with van der Waals surface area (Å²) in [5.74, 6) is 1.78. The first-order chi connectivity index (χ1) is 14.7. The maximum atomic E-state index is 10.8. The van der Waals surface area contributed by atoms with Crippen LogP contribution < -0.4 is 4.74 Å². The number of phenolic OH excluding ortho intramolecular Hbond substituents is 2. The van der Waals surface area contributed by atoms with Crippen LogP contribution in [0.5, 0.6) is 23.0 Å². The van der Waals surface area contributed by atoms with Crippen molar-refractivity contribution < 1.29 is 14.9 Å². The van der Waals surface area contributed by atoms with E-state index < -0.39 is 0 Å². The first kappa shape index (κ1) is 16.9. The van der Waals surface area contributed by atoms with Crippen LogP contribution in [0.15, 0.2) is 91.0 Å². The highest BCUT2D eigenvalue weighted by atomic mass is 16.5. The number of ether oxygens (including phenoxy) is 1. The minimum absolute atomic E-state index is 0.170. The van der Waals surface area contributed by atoms with Gasteiger partial charge in [0.05, 0.1) is 0 Å². The normalized spacial score (nSPS) is 13.1. The third kappa shape index (κ3) is 2.32. The molecule has 3 heteroatoms. The maximum Gasteiger partial charge on any atom is 0.139 e. The van der Waals surface area contributed by atoms with Crippen molar-refractivity contribution in [3.05, 3.63) is 108 Å². The van der Waals surface area contributed by atoms with Gasteiger partial charge in [-0.25, -0.2) is 0 Å². The fraction of sp³-hybridized carbons (Fsp3) is 0.0370. The lowest BCUT2D eigenvalue weighted by molar-refractivity contribution is 0.450. The van der Waals surface area contributed by atoms with Gasteiger partial charge in [0, 0.05) is 38.6 Å². The molecule has 1 heterocycles. The van der Waals surface area contributed by atoms with Crippen molar-refractivity contribution in [2.45, 2.75) is 5.92 Å². The molecule has 0 aliphatic carbocycles. The van der Waals surface area contributed by atoms with E-state index in [1.54, 1.807) is 12.1 Å². The van der Waals surface area contributed by atoms with Crippen molar-refractivity contribution in [1.82, 2.24) is 0 Å². The molecule has 6 rings (SSSR count). The van der Waals surface area contributed by atoms with Crippen molar-refractivity contribution in [2.75, 3.05) is 0 Å². The molecule has 0 bridgehead atoms. The predicted octanol–water partition coefficient (Wildman–Crippen LogP) is 6.69. The molecule has 30 heavy (non-hydrogen) atoms. The SMILES string of the molecule is Oc1cc2c(c3ccccc13)Oc1c(cc(O)c3ccccc13)C2c1ccccc1. The highest BCUT2D eigenvalue weighted by molar-refractivity contribution is 5.99. The molecule has 0 amide bonds. The predicted molar refractivity (Wildman–Crippen MR) is 119 cm³/mol. The lowest BCUT2D eigenvalue weighted by Crippen LogP contribution is -2.12. The van der Waals surface area contributed by atoms with Gasteiger partial charge >= 0.3 is 0 Å². The average molecular weight is 390 g/mol. The van der Waals surface area contributed by atoms with Gasteiger partial charge in [0.15, 0.2) is 0 Å². The lowest BCUT2D eigenvalue weighted by atomic mass is 9.80. The van der Waals surface area contributed by atoms with Gasteiger partial charge in [0.25, 0.3) is 0 Å². The van der Waals surface area contributed by atoms with Crippen LogP contribution in [-0.4, -0.2) is 10.2 Å². The Balaban J connectivity index is 1.76. The fourth-order valence-corrected chi connectivity index (χ4v) is 4.63. The smallest absolute Gasteiger partial charge is 0.139 e. The Hall–Kier alpha value is -3.98. The molecule has 0 fully saturated rings. The molecule has 0 saturated carbocycles. The van der Waals surface area contributed by atoms with Gasteiger partial charge in [-0.3, -0.25) is 0 Å². The van der Waals surface area contributed by atoms with E-state index >= 15 is 0 Å². The van der Waals surface area contributed by atoms with Crippen molar-refractivity contribution in [3.63, 3.8) is 0 Å². The second-order valence-corrected chi connectivity index (χ2v) is 7.67. The molecule has 0 unspecified atom stereocenters. The number of rotatable bonds is 1. The van der Waals surface area contributed by atoms with E-state index in [0.717, 1.165) is 49.7 Å². The summed E-state index contributed by atoms with van der Waals surface area (Å²) in [5.41, 5.74) is 2.85. The summed E-state index contributed by atoms with van der Waals surface area (Å²) in [4.78, 5) is 0. The molecule has 144 valence electrons. The number of aromatic hydroxyl groups is 2. The van der Waals surface area contributed by atoms with Crippen molar-refractivity contribution in [1.29, 1.82) is 0 Å². The van der Waals surface area contributed by atoms with Gasteiger partial charge < -0.3 is 14.9 Å². The summed E-state index contributed by atoms with van der Waals surface area (Å²) < 4.78 is 6.54. The van der Waals surface area contributed by atoms with Crippen LogP contribution in [-0.2, 0) is 0 Å². The molecule has 2 N–H and O–H groups in total. The van der Waals surface area contributed by atoms with Gasteiger partial charge in [0.2, 0.25) is 0 Å². The minimum Gasteiger partial charge on any atom is -0.507 e. The minimum atomic E-state index is -0.170. The summed E-state index contributed by atoms with van der Waals surface area (Å²) in [7, 11) is 0. The molecular formula is C27H18O3. The molecule has 0 aromatic heterocycles. The fourth-order valence-electron chi connectivity index (χ4n) is 4.63. The van der Waals surface area contributed by atoms with Crippen molar-refractivity contribution >= 4 is 21.5 Å². The highest BCUT2D eigenvalue weighted by Gasteiger charge is 2.33. The molecule has 0 saturated heterocycles. The van der Waals surface area contributed by atoms with Crippen LogP contribution >= 0.6 is 0 Å². The Morgan fingerprint density at radius 2 is 0.967 bits per heavy atom. The molecule has 3 nitrogen and oxygen atoms in total. The Labute approximate surface area is 173 Å². The van der Waals surface area contributed by atoms with Crippen LogP contribution in [0.2, 0.25) is 0 Å². The van der Waals surface area contributed by atoms with E-state index in [1.165, 1.54) is 0 Å². The average Bonchev–Trinajstić information content (AvgIpc) is 2.79. The maximum absolute atomic E-state index is 10.8. The van der Waals surface area contributed by atoms with Gasteiger partial charge in [-0.05, 0) is 17.7 Å². The molecule has 5 aromatic rings. The highest BCUT2D eigenvalue weighted by Crippen LogP contribution is 2.54. The summed E-state index contributed by atoms with van der Waals surface area (Å²) >= 11 is 0. The first-order valence-corrected chi connectivity index (χ1v) is 9.94. The summed E-state index contributed by atoms with van der Waals surface area (Å²) in [6.45, 7) is 0. The molecule has 0 spiro atoms. The van der Waals surface area contributed by atoms with Crippen LogP contribution in [0.1, 0.15) is 22.6 Å². The topological polar surface area (TPSA) is 49.7 Å². The zero-order valence-corrected chi connectivity index (χ0v) is 16.0. The van der Waals surface area contributed by atoms with Crippen LogP contribution in [0.25, 0.3) is 21.5 Å². The van der Waals surface area contributed by atoms with Crippen molar-refractivity contribution in [3.8, 4) is 23.0 Å². The molecule has 0 radical (unpaired) electrons. The van der Waals surface area contributed by atoms with Gasteiger partial charge in [-0.2, -0.15) is 0 Å². The third-order valence-electron chi connectivity index (χ3n) is 5.96. The van der Waals surface area contributed by atoms with E-state index in [4.69, 9.17) is 4.74 Å². The third-order valence-corrected chi connectivity index (χ3v) is 5.96. The second-order valence-electron chi connectivity index (χ2n) is 7.67. The molecular weight excluding hydrogens is 372 g/mol. The number of phenols is 2. The van der Waals surface area contributed by atoms with E-state index in [0.29, 0.717) is 0 Å². The Morgan fingerprint density at radius 1 is 0.533 bits per heavy atom. The van der Waals surface area contributed by atoms with Gasteiger partial charge in [0.1, 0.15) is 23.0 Å². The van der Waals surface area contributed by atoms with E-state index in [1.807, 2.05) is 66.7 Å². The van der Waals surface area contributed by atoms with Crippen LogP contribution in [0.4, 0.5) is 0 Å². The number of hydrogen-bond donors (Lipinski definition) is 2. The molecule has 1 aliphatic heterocycles. The summed E-state index contributed by atoms with van der Waals surface area (Å²) in [5, 5.41) is 24.8. The zero-order valence-electron chi connectivity index (χ0n) is 16.0. The molecule has 1 aliphatic rings. The first-order valence-electron chi connectivity index (χ1n) is 9.94. The summed E-state index contributed by atoms with van der Waals surface area (Å²) in [6.07, 6.45) is 0. The molecule has 0 atom stereocenters. The number of hydrogen-bond acceptors (Lipinski definition) is 3.